The first-order valence-electron chi connectivity index (χ1n) is 6.36. The molecule has 0 atom stereocenters. The fourth-order valence-corrected chi connectivity index (χ4v) is 1.65. The molecule has 1 N–H and O–H groups in total. The fraction of sp³-hybridized carbons (Fsp3) is 0.750. The van der Waals surface area contributed by atoms with Crippen LogP contribution < -0.4 is 5.32 Å². The number of guanidine groups is 1. The molecular weight excluding hydrogens is 228 g/mol. The summed E-state index contributed by atoms with van der Waals surface area (Å²) in [6.07, 6.45) is 2.35. The highest BCUT2D eigenvalue weighted by Crippen LogP contribution is 1.98. The van der Waals surface area contributed by atoms with Gasteiger partial charge in [0.2, 0.25) is 0 Å². The van der Waals surface area contributed by atoms with Gasteiger partial charge in [0.1, 0.15) is 5.82 Å². The van der Waals surface area contributed by atoms with Crippen molar-refractivity contribution in [3.05, 3.63) is 11.6 Å². The second kappa shape index (κ2) is 6.98. The van der Waals surface area contributed by atoms with Gasteiger partial charge in [-0.2, -0.15) is 0 Å². The highest BCUT2D eigenvalue weighted by molar-refractivity contribution is 5.79. The van der Waals surface area contributed by atoms with Gasteiger partial charge in [-0.15, -0.1) is 10.2 Å². The Labute approximate surface area is 109 Å². The van der Waals surface area contributed by atoms with E-state index in [-0.39, 0.29) is 0 Å². The molecule has 0 saturated heterocycles. The maximum absolute atomic E-state index is 4.27. The van der Waals surface area contributed by atoms with Crippen LogP contribution in [0.4, 0.5) is 0 Å². The van der Waals surface area contributed by atoms with E-state index in [0.717, 1.165) is 24.2 Å². The number of hydrogen-bond donors (Lipinski definition) is 1. The third-order valence-corrected chi connectivity index (χ3v) is 3.01. The van der Waals surface area contributed by atoms with Crippen LogP contribution in [-0.2, 0) is 13.6 Å². The zero-order valence-electron chi connectivity index (χ0n) is 12.1. The first kappa shape index (κ1) is 14.5. The van der Waals surface area contributed by atoms with E-state index in [1.165, 1.54) is 12.8 Å². The number of nitrogens with zero attached hydrogens (tertiary/aromatic N) is 5. The number of aryl methyl sites for hydroxylation is 1. The first-order chi connectivity index (χ1) is 8.60. The average Bonchev–Trinajstić information content (AvgIpc) is 2.68. The smallest absolute Gasteiger partial charge is 0.193 e. The van der Waals surface area contributed by atoms with E-state index < -0.39 is 0 Å². The Morgan fingerprint density at radius 1 is 1.44 bits per heavy atom. The highest BCUT2D eigenvalue weighted by Gasteiger charge is 2.08. The van der Waals surface area contributed by atoms with Crippen LogP contribution >= 0.6 is 0 Å². The molecule has 0 aliphatic heterocycles. The van der Waals surface area contributed by atoms with E-state index in [0.29, 0.717) is 6.54 Å². The Bertz CT molecular complexity index is 395. The summed E-state index contributed by atoms with van der Waals surface area (Å²) < 4.78 is 1.98. The van der Waals surface area contributed by atoms with Crippen molar-refractivity contribution in [2.45, 2.75) is 33.2 Å². The molecule has 0 bridgehead atoms. The molecule has 0 aliphatic rings. The molecule has 0 unspecified atom stereocenters. The number of nitrogens with one attached hydrogen (secondary N) is 1. The topological polar surface area (TPSA) is 58.3 Å². The Hall–Kier alpha value is -1.59. The van der Waals surface area contributed by atoms with Crippen LogP contribution in [0.3, 0.4) is 0 Å². The molecule has 0 saturated carbocycles. The molecule has 6 nitrogen and oxygen atoms in total. The third kappa shape index (κ3) is 3.72. The van der Waals surface area contributed by atoms with Crippen LogP contribution in [-0.4, -0.2) is 46.3 Å². The van der Waals surface area contributed by atoms with Gasteiger partial charge in [-0.25, -0.2) is 0 Å². The van der Waals surface area contributed by atoms with Crippen LogP contribution in [0.1, 0.15) is 31.4 Å². The summed E-state index contributed by atoms with van der Waals surface area (Å²) in [5, 5.41) is 11.5. The number of hydrogen-bond acceptors (Lipinski definition) is 3. The number of aromatic nitrogens is 3. The Kier molecular flexibility index (Phi) is 5.61. The van der Waals surface area contributed by atoms with Gasteiger partial charge in [-0.3, -0.25) is 4.99 Å². The van der Waals surface area contributed by atoms with Crippen molar-refractivity contribution >= 4 is 5.96 Å². The molecule has 0 aliphatic carbocycles. The van der Waals surface area contributed by atoms with E-state index >= 15 is 0 Å². The van der Waals surface area contributed by atoms with Crippen molar-refractivity contribution in [1.29, 1.82) is 0 Å². The van der Waals surface area contributed by atoms with Crippen molar-refractivity contribution in [2.75, 3.05) is 20.6 Å². The zero-order valence-corrected chi connectivity index (χ0v) is 12.1. The molecule has 102 valence electrons. The van der Waals surface area contributed by atoms with Crippen LogP contribution in [0.15, 0.2) is 4.99 Å². The molecule has 0 spiro atoms. The van der Waals surface area contributed by atoms with Gasteiger partial charge in [-0.1, -0.05) is 13.3 Å². The largest absolute Gasteiger partial charge is 0.349 e. The molecule has 1 aromatic rings. The molecule has 0 fully saturated rings. The summed E-state index contributed by atoms with van der Waals surface area (Å²) in [5.41, 5.74) is 0. The quantitative estimate of drug-likeness (QED) is 0.625. The number of unbranched alkanes of at least 4 members (excludes halogenated alkanes) is 1. The Morgan fingerprint density at radius 3 is 2.67 bits per heavy atom. The third-order valence-electron chi connectivity index (χ3n) is 3.01. The maximum atomic E-state index is 4.27. The minimum Gasteiger partial charge on any atom is -0.349 e. The van der Waals surface area contributed by atoms with Crippen molar-refractivity contribution in [3.63, 3.8) is 0 Å². The molecule has 1 heterocycles. The van der Waals surface area contributed by atoms with Gasteiger partial charge >= 0.3 is 0 Å². The van der Waals surface area contributed by atoms with Crippen molar-refractivity contribution < 1.29 is 0 Å². The van der Waals surface area contributed by atoms with Crippen LogP contribution in [0.2, 0.25) is 0 Å². The molecule has 1 rings (SSSR count). The van der Waals surface area contributed by atoms with Crippen molar-refractivity contribution in [2.24, 2.45) is 12.0 Å². The summed E-state index contributed by atoms with van der Waals surface area (Å²) >= 11 is 0. The maximum Gasteiger partial charge on any atom is 0.193 e. The monoisotopic (exact) mass is 252 g/mol. The SMILES string of the molecule is CCCCN(C)C(=NC)NCc1nnc(C)n1C. The molecule has 0 aromatic carbocycles. The molecular formula is C12H24N6. The molecule has 1 aromatic heterocycles. The lowest BCUT2D eigenvalue weighted by molar-refractivity contribution is 0.463. The lowest BCUT2D eigenvalue weighted by atomic mass is 10.3. The van der Waals surface area contributed by atoms with E-state index in [4.69, 9.17) is 0 Å². The van der Waals surface area contributed by atoms with Gasteiger partial charge in [0.25, 0.3) is 0 Å². The average molecular weight is 252 g/mol. The summed E-state index contributed by atoms with van der Waals surface area (Å²) in [6.45, 7) is 5.78. The van der Waals surface area contributed by atoms with Gasteiger partial charge in [0.05, 0.1) is 6.54 Å². The Balaban J connectivity index is 2.52. The molecule has 0 amide bonds. The zero-order chi connectivity index (χ0) is 13.5. The lowest BCUT2D eigenvalue weighted by Crippen LogP contribution is -2.39. The van der Waals surface area contributed by atoms with Gasteiger partial charge in [-0.05, 0) is 13.3 Å². The minimum absolute atomic E-state index is 0.639. The van der Waals surface area contributed by atoms with Crippen molar-refractivity contribution in [1.82, 2.24) is 25.0 Å². The summed E-state index contributed by atoms with van der Waals surface area (Å²) in [5.74, 6) is 2.72. The standard InChI is InChI=1S/C12H24N6/c1-6-7-8-17(4)12(13-3)14-9-11-16-15-10(2)18(11)5/h6-9H2,1-5H3,(H,13,14). The molecule has 6 heteroatoms. The van der Waals surface area contributed by atoms with Gasteiger partial charge in [0, 0.05) is 27.7 Å². The Morgan fingerprint density at radius 2 is 2.17 bits per heavy atom. The van der Waals surface area contributed by atoms with Crippen LogP contribution in [0.25, 0.3) is 0 Å². The second-order valence-corrected chi connectivity index (χ2v) is 4.40. The number of rotatable bonds is 5. The van der Waals surface area contributed by atoms with Gasteiger partial charge in [0.15, 0.2) is 11.8 Å². The molecule has 0 radical (unpaired) electrons. The van der Waals surface area contributed by atoms with Crippen LogP contribution in [0, 0.1) is 6.92 Å². The van der Waals surface area contributed by atoms with E-state index in [1.807, 2.05) is 25.6 Å². The predicted molar refractivity (Wildman–Crippen MR) is 73.5 cm³/mol. The normalized spacial score (nSPS) is 11.7. The molecule has 18 heavy (non-hydrogen) atoms. The predicted octanol–water partition coefficient (Wildman–Crippen LogP) is 0.931. The fourth-order valence-electron chi connectivity index (χ4n) is 1.65. The van der Waals surface area contributed by atoms with E-state index in [9.17, 15) is 0 Å². The summed E-state index contributed by atoms with van der Waals surface area (Å²) in [4.78, 5) is 6.40. The highest BCUT2D eigenvalue weighted by atomic mass is 15.3. The van der Waals surface area contributed by atoms with Crippen LogP contribution in [0.5, 0.6) is 0 Å². The van der Waals surface area contributed by atoms with E-state index in [1.54, 1.807) is 7.05 Å². The number of aliphatic imine (C=N–C) groups is 1. The lowest BCUT2D eigenvalue weighted by Gasteiger charge is -2.21. The van der Waals surface area contributed by atoms with Crippen molar-refractivity contribution in [3.8, 4) is 0 Å². The summed E-state index contributed by atoms with van der Waals surface area (Å²) in [7, 11) is 5.82. The van der Waals surface area contributed by atoms with E-state index in [2.05, 4.69) is 32.3 Å². The first-order valence-corrected chi connectivity index (χ1v) is 6.36. The van der Waals surface area contributed by atoms with Gasteiger partial charge < -0.3 is 14.8 Å². The minimum atomic E-state index is 0.639. The second-order valence-electron chi connectivity index (χ2n) is 4.40. The summed E-state index contributed by atoms with van der Waals surface area (Å²) in [6, 6.07) is 0.